The maximum absolute atomic E-state index is 13.3. The fraction of sp³-hybridized carbons (Fsp3) is 0.682. The number of carbonyl (C=O) groups excluding carboxylic acids is 1. The summed E-state index contributed by atoms with van der Waals surface area (Å²) >= 11 is 3.48. The average Bonchev–Trinajstić information content (AvgIpc) is 2.88. The molecule has 0 aliphatic carbocycles. The zero-order valence-corrected chi connectivity index (χ0v) is 21.7. The van der Waals surface area contributed by atoms with Crippen molar-refractivity contribution in [3.63, 3.8) is 0 Å². The maximum Gasteiger partial charge on any atom is 0.411 e. The summed E-state index contributed by atoms with van der Waals surface area (Å²) in [5.74, 6) is 0.0562. The van der Waals surface area contributed by atoms with Crippen LogP contribution in [0.3, 0.4) is 0 Å². The van der Waals surface area contributed by atoms with Crippen LogP contribution in [0, 0.1) is 11.3 Å². The van der Waals surface area contributed by atoms with Crippen molar-refractivity contribution in [3.8, 4) is 0 Å². The monoisotopic (exact) mass is 485 g/mol. The van der Waals surface area contributed by atoms with Gasteiger partial charge in [-0.25, -0.2) is 4.79 Å². The first-order valence-corrected chi connectivity index (χ1v) is 13.8. The molecule has 1 amide bonds. The van der Waals surface area contributed by atoms with Crippen molar-refractivity contribution in [1.82, 2.24) is 4.90 Å². The van der Waals surface area contributed by atoms with Crippen molar-refractivity contribution in [1.29, 1.82) is 0 Å². The predicted molar refractivity (Wildman–Crippen MR) is 123 cm³/mol. The number of nitrogens with zero attached hydrogens (tertiary/aromatic N) is 1. The van der Waals surface area contributed by atoms with Crippen LogP contribution in [0.4, 0.5) is 4.79 Å². The summed E-state index contributed by atoms with van der Waals surface area (Å²) in [7, 11) is -1.46. The minimum absolute atomic E-state index is 0.0562. The molecular formula is C22H36BrNO4Si. The minimum atomic E-state index is -1.46. The third kappa shape index (κ3) is 5.24. The molecule has 1 unspecified atom stereocenters. The highest BCUT2D eigenvalue weighted by atomic mass is 79.9. The van der Waals surface area contributed by atoms with E-state index in [4.69, 9.17) is 9.16 Å². The quantitative estimate of drug-likeness (QED) is 0.614. The summed E-state index contributed by atoms with van der Waals surface area (Å²) in [6, 6.07) is 7.80. The number of likely N-dealkylation sites (tertiary alicyclic amines) is 1. The lowest BCUT2D eigenvalue weighted by molar-refractivity contribution is -0.0395. The van der Waals surface area contributed by atoms with Gasteiger partial charge in [0.1, 0.15) is 11.1 Å². The molecule has 164 valence electrons. The van der Waals surface area contributed by atoms with Gasteiger partial charge in [-0.05, 0) is 57.0 Å². The van der Waals surface area contributed by atoms with Gasteiger partial charge in [-0.15, -0.1) is 0 Å². The van der Waals surface area contributed by atoms with E-state index in [0.717, 1.165) is 10.0 Å². The van der Waals surface area contributed by atoms with E-state index in [2.05, 4.69) is 49.8 Å². The fourth-order valence-corrected chi connectivity index (χ4v) is 5.32. The van der Waals surface area contributed by atoms with Gasteiger partial charge in [0.15, 0.2) is 9.04 Å². The number of amides is 1. The van der Waals surface area contributed by atoms with Gasteiger partial charge in [0.2, 0.25) is 0 Å². The van der Waals surface area contributed by atoms with E-state index in [0.29, 0.717) is 6.54 Å². The Morgan fingerprint density at radius 1 is 1.21 bits per heavy atom. The van der Waals surface area contributed by atoms with Crippen LogP contribution in [-0.4, -0.2) is 50.0 Å². The molecule has 0 radical (unpaired) electrons. The number of ether oxygens (including phenoxy) is 1. The van der Waals surface area contributed by atoms with Gasteiger partial charge in [-0.2, -0.15) is 0 Å². The number of hydrogen-bond donors (Lipinski definition) is 1. The number of aliphatic hydroxyl groups excluding tert-OH is 1. The van der Waals surface area contributed by atoms with Crippen molar-refractivity contribution < 1.29 is 19.1 Å². The molecule has 0 bridgehead atoms. The molecule has 1 fully saturated rings. The highest BCUT2D eigenvalue weighted by molar-refractivity contribution is 9.10. The van der Waals surface area contributed by atoms with Crippen LogP contribution in [0.5, 0.6) is 0 Å². The first kappa shape index (κ1) is 24.4. The van der Waals surface area contributed by atoms with Gasteiger partial charge in [0.25, 0.3) is 0 Å². The molecule has 5 nitrogen and oxygen atoms in total. The summed E-state index contributed by atoms with van der Waals surface area (Å²) in [5.41, 5.74) is -0.861. The van der Waals surface area contributed by atoms with Gasteiger partial charge in [-0.3, -0.25) is 4.90 Å². The van der Waals surface area contributed by atoms with E-state index in [1.165, 1.54) is 0 Å². The molecule has 1 aromatic rings. The summed E-state index contributed by atoms with van der Waals surface area (Å²) in [6.07, 6.45) is -0.729. The molecule has 1 N–H and O–H groups in total. The Kier molecular flexibility index (Phi) is 7.31. The summed E-state index contributed by atoms with van der Waals surface area (Å²) in [5, 5.41) is 10.8. The number of benzene rings is 1. The number of hydrogen-bond acceptors (Lipinski definition) is 4. The third-order valence-corrected chi connectivity index (χ3v) is 6.79. The lowest BCUT2D eigenvalue weighted by Gasteiger charge is -2.43. The van der Waals surface area contributed by atoms with Gasteiger partial charge in [0, 0.05) is 16.9 Å². The predicted octanol–water partition coefficient (Wildman–Crippen LogP) is 4.92. The topological polar surface area (TPSA) is 59.0 Å². The largest absolute Gasteiger partial charge is 0.444 e. The normalized spacial score (nSPS) is 25.6. The standard InChI is InChI=1S/C22H36BrNO4Si/c1-20(2,3)17-13-24(19(26)27-21(4,5)6)22(14-25,18(17)28-29(7)8)15-9-11-16(23)12-10-15/h9-12,17-18,25,29H,13-14H2,1-8H3/t17-,18?,22-/m1/s1. The molecule has 1 aliphatic rings. The molecule has 1 aliphatic heterocycles. The highest BCUT2D eigenvalue weighted by Crippen LogP contribution is 2.50. The van der Waals surface area contributed by atoms with Gasteiger partial charge in [0.05, 0.1) is 12.7 Å². The first-order chi connectivity index (χ1) is 13.2. The molecule has 3 atom stereocenters. The summed E-state index contributed by atoms with van der Waals surface area (Å²) in [6.45, 7) is 16.6. The third-order valence-electron chi connectivity index (χ3n) is 5.43. The Balaban J connectivity index is 2.68. The lowest BCUT2D eigenvalue weighted by Crippen LogP contribution is -2.56. The average molecular weight is 487 g/mol. The second-order valence-corrected chi connectivity index (χ2v) is 13.5. The second-order valence-electron chi connectivity index (χ2n) is 10.3. The number of rotatable bonds is 4. The van der Waals surface area contributed by atoms with E-state index in [1.807, 2.05) is 45.0 Å². The Hall–Kier alpha value is -0.893. The molecule has 2 rings (SSSR count). The van der Waals surface area contributed by atoms with Crippen LogP contribution in [0.15, 0.2) is 28.7 Å². The van der Waals surface area contributed by atoms with Crippen LogP contribution in [0.25, 0.3) is 0 Å². The Morgan fingerprint density at radius 3 is 2.17 bits per heavy atom. The van der Waals surface area contributed by atoms with E-state index in [9.17, 15) is 9.90 Å². The Bertz CT molecular complexity index is 711. The molecule has 29 heavy (non-hydrogen) atoms. The van der Waals surface area contributed by atoms with Crippen molar-refractivity contribution in [3.05, 3.63) is 34.3 Å². The molecule has 7 heteroatoms. The molecule has 1 heterocycles. The number of aliphatic hydroxyl groups is 1. The van der Waals surface area contributed by atoms with Crippen molar-refractivity contribution in [2.75, 3.05) is 13.2 Å². The smallest absolute Gasteiger partial charge is 0.411 e. The number of halogens is 1. The van der Waals surface area contributed by atoms with E-state index < -0.39 is 26.3 Å². The SMILES string of the molecule is C[SiH](C)OC1[C@H](C(C)(C)C)CN(C(=O)OC(C)(C)C)[C@]1(CO)c1ccc(Br)cc1. The fourth-order valence-electron chi connectivity index (χ4n) is 4.05. The van der Waals surface area contributed by atoms with E-state index in [1.54, 1.807) is 4.90 Å². The van der Waals surface area contributed by atoms with Crippen molar-refractivity contribution in [2.24, 2.45) is 11.3 Å². The Labute approximate surface area is 185 Å². The van der Waals surface area contributed by atoms with Crippen molar-refractivity contribution >= 4 is 31.1 Å². The van der Waals surface area contributed by atoms with Gasteiger partial charge < -0.3 is 14.3 Å². The lowest BCUT2D eigenvalue weighted by atomic mass is 9.73. The van der Waals surface area contributed by atoms with Gasteiger partial charge in [-0.1, -0.05) is 48.8 Å². The highest BCUT2D eigenvalue weighted by Gasteiger charge is 2.60. The Morgan fingerprint density at radius 2 is 1.76 bits per heavy atom. The second kappa shape index (κ2) is 8.69. The number of carbonyl (C=O) groups is 1. The molecule has 1 aromatic carbocycles. The van der Waals surface area contributed by atoms with E-state index >= 15 is 0 Å². The molecule has 1 saturated heterocycles. The van der Waals surface area contributed by atoms with Crippen LogP contribution in [-0.2, 0) is 14.7 Å². The van der Waals surface area contributed by atoms with Crippen LogP contribution in [0.1, 0.15) is 47.1 Å². The minimum Gasteiger partial charge on any atom is -0.444 e. The zero-order chi connectivity index (χ0) is 22.2. The molecule has 0 spiro atoms. The maximum atomic E-state index is 13.3. The van der Waals surface area contributed by atoms with Gasteiger partial charge >= 0.3 is 6.09 Å². The molecule has 0 aromatic heterocycles. The molecule has 0 saturated carbocycles. The summed E-state index contributed by atoms with van der Waals surface area (Å²) < 4.78 is 13.3. The van der Waals surface area contributed by atoms with Crippen LogP contribution in [0.2, 0.25) is 13.1 Å². The van der Waals surface area contributed by atoms with Crippen molar-refractivity contribution in [2.45, 2.75) is 71.9 Å². The molecular weight excluding hydrogens is 450 g/mol. The van der Waals surface area contributed by atoms with Crippen LogP contribution >= 0.6 is 15.9 Å². The van der Waals surface area contributed by atoms with Crippen LogP contribution < -0.4 is 0 Å². The van der Waals surface area contributed by atoms with E-state index in [-0.39, 0.29) is 24.0 Å². The zero-order valence-electron chi connectivity index (χ0n) is 19.0. The first-order valence-electron chi connectivity index (χ1n) is 10.3. The summed E-state index contributed by atoms with van der Waals surface area (Å²) in [4.78, 5) is 15.0.